The number of pyridine rings is 3. The minimum atomic E-state index is 0. The summed E-state index contributed by atoms with van der Waals surface area (Å²) in [7, 11) is 5.89. The van der Waals surface area contributed by atoms with E-state index >= 15 is 0 Å². The summed E-state index contributed by atoms with van der Waals surface area (Å²) < 4.78 is 4.72. The van der Waals surface area contributed by atoms with Gasteiger partial charge in [-0.3, -0.25) is 20.0 Å². The zero-order valence-corrected chi connectivity index (χ0v) is 47.3. The lowest BCUT2D eigenvalue weighted by atomic mass is 10.1. The van der Waals surface area contributed by atoms with Crippen molar-refractivity contribution in [2.75, 3.05) is 46.8 Å². The van der Waals surface area contributed by atoms with Gasteiger partial charge in [0.05, 0.1) is 52.0 Å². The minimum absolute atomic E-state index is 0. The second-order valence-corrected chi connectivity index (χ2v) is 18.1. The average Bonchev–Trinajstić information content (AvgIpc) is 3.43. The third-order valence-electron chi connectivity index (χ3n) is 11.7. The Labute approximate surface area is 463 Å². The van der Waals surface area contributed by atoms with Crippen LogP contribution in [0.2, 0.25) is 0 Å². The highest BCUT2D eigenvalue weighted by atomic mass is 79.9. The van der Waals surface area contributed by atoms with Crippen LogP contribution in [0.3, 0.4) is 0 Å². The lowest BCUT2D eigenvalue weighted by Crippen LogP contribution is -3.00. The van der Waals surface area contributed by atoms with Crippen LogP contribution in [0.4, 0.5) is 17.1 Å². The highest BCUT2D eigenvalue weighted by Gasteiger charge is 2.15. The van der Waals surface area contributed by atoms with Gasteiger partial charge in [-0.15, -0.1) is 0 Å². The number of anilines is 3. The molecule has 0 bridgehead atoms. The van der Waals surface area contributed by atoms with E-state index in [9.17, 15) is 0 Å². The lowest BCUT2D eigenvalue weighted by Gasteiger charge is -2.12. The molecule has 0 saturated heterocycles. The molecule has 0 saturated carbocycles. The van der Waals surface area contributed by atoms with Gasteiger partial charge in [0.1, 0.15) is 13.1 Å². The molecule has 9 nitrogen and oxygen atoms in total. The Bertz CT molecular complexity index is 2950. The third kappa shape index (κ3) is 16.5. The molecule has 0 aliphatic rings. The van der Waals surface area contributed by atoms with Gasteiger partial charge < -0.3 is 34.0 Å². The van der Waals surface area contributed by atoms with Crippen molar-refractivity contribution in [1.82, 2.24) is 4.98 Å². The number of alkyl halides is 2. The summed E-state index contributed by atoms with van der Waals surface area (Å²) in [6, 6.07) is 62.0. The van der Waals surface area contributed by atoms with Crippen molar-refractivity contribution in [3.05, 3.63) is 217 Å². The number of nitrogens with zero attached hydrogens (tertiary/aromatic N) is 9. The van der Waals surface area contributed by atoms with Crippen molar-refractivity contribution in [3.8, 4) is 0 Å². The summed E-state index contributed by atoms with van der Waals surface area (Å²) in [6.45, 7) is 1.91. The van der Waals surface area contributed by atoms with Crippen LogP contribution in [0.5, 0.6) is 0 Å². The van der Waals surface area contributed by atoms with Gasteiger partial charge in [0.15, 0.2) is 12.4 Å². The van der Waals surface area contributed by atoms with Gasteiger partial charge in [0.25, 0.3) is 0 Å². The Morgan fingerprint density at radius 3 is 1.17 bits per heavy atom. The topological polar surface area (TPSA) is 67.5 Å². The predicted octanol–water partition coefficient (Wildman–Crippen LogP) is 7.26. The van der Waals surface area contributed by atoms with Crippen molar-refractivity contribution in [2.24, 2.45) is 15.3 Å². The van der Waals surface area contributed by atoms with E-state index in [2.05, 4.69) is 154 Å². The van der Waals surface area contributed by atoms with Gasteiger partial charge >= 0.3 is 0 Å². The number of hydrazone groups is 3. The van der Waals surface area contributed by atoms with Crippen LogP contribution in [0.15, 0.2) is 216 Å². The molecule has 0 N–H and O–H groups in total. The normalized spacial score (nSPS) is 10.9. The molecule has 3 heterocycles. The molecule has 0 unspecified atom stereocenters. The zero-order chi connectivity index (χ0) is 48.8. The number of fused-ring (bicyclic) bond motifs is 3. The van der Waals surface area contributed by atoms with Crippen molar-refractivity contribution in [2.45, 2.75) is 38.8 Å². The molecule has 0 amide bonds. The Hall–Kier alpha value is -6.12. The maximum atomic E-state index is 4.70. The second kappa shape index (κ2) is 30.7. The number of hydrogen-bond donors (Lipinski definition) is 0. The van der Waals surface area contributed by atoms with E-state index in [-0.39, 0.29) is 34.0 Å². The van der Waals surface area contributed by atoms with Crippen LogP contribution < -0.4 is 58.1 Å². The molecule has 9 rings (SSSR count). The van der Waals surface area contributed by atoms with Crippen LogP contribution in [-0.2, 0) is 13.1 Å². The van der Waals surface area contributed by atoms with E-state index in [4.69, 9.17) is 10.2 Å². The highest BCUT2D eigenvalue weighted by Crippen LogP contribution is 2.19. The molecule has 0 aliphatic carbocycles. The van der Waals surface area contributed by atoms with Crippen LogP contribution in [0.1, 0.15) is 42.4 Å². The minimum Gasteiger partial charge on any atom is -1.00 e. The number of halogens is 4. The fourth-order valence-corrected chi connectivity index (χ4v) is 8.59. The van der Waals surface area contributed by atoms with E-state index in [1.54, 1.807) is 0 Å². The van der Waals surface area contributed by atoms with Gasteiger partial charge in [-0.05, 0) is 73.5 Å². The molecule has 13 heteroatoms. The van der Waals surface area contributed by atoms with Crippen LogP contribution >= 0.6 is 31.9 Å². The summed E-state index contributed by atoms with van der Waals surface area (Å²) >= 11 is 6.66. The van der Waals surface area contributed by atoms with E-state index in [1.165, 1.54) is 34.6 Å². The van der Waals surface area contributed by atoms with Crippen molar-refractivity contribution in [1.29, 1.82) is 0 Å². The standard InChI is InChI=1S/C38H38N6.C17H15N3.C4H8Br2.2BrH/c1-41(33-15-5-3-6-16-33)39-29-31-23-27-43(37-21-11-9-19-35(31)37)25-13-14-26-44-28-24-32(36-20-10-12-22-38(36)44)30-40-42(2)34-17-7-4-8-18-34;1-20(15-7-3-2-4-8-15)19-13-14-11-12-18-17-10-6-5-9-16(14)17;5-3-1-2-4-6;;/h3-12,15-24,27-30H,13-14,25-26H2,1-2H3;2-13H,1H3;1-4H2;2*1H/q+2;;;;/p-2/b;19-13+;;;. The molecule has 370 valence electrons. The predicted molar refractivity (Wildman–Crippen MR) is 303 cm³/mol. The number of aryl methyl sites for hydroxylation is 2. The van der Waals surface area contributed by atoms with Crippen molar-refractivity contribution in [3.63, 3.8) is 0 Å². The van der Waals surface area contributed by atoms with Gasteiger partial charge in [-0.25, -0.2) is 0 Å². The number of unbranched alkanes of at least 4 members (excludes halogenated alkanes) is 2. The number of aromatic nitrogens is 3. The van der Waals surface area contributed by atoms with Gasteiger partial charge in [0.2, 0.25) is 11.0 Å². The molecule has 9 aromatic rings. The second-order valence-electron chi connectivity index (χ2n) is 16.5. The van der Waals surface area contributed by atoms with Crippen LogP contribution in [-0.4, -0.2) is 55.4 Å². The molecule has 0 radical (unpaired) electrons. The number of hydrogen-bond acceptors (Lipinski definition) is 7. The Morgan fingerprint density at radius 1 is 0.417 bits per heavy atom. The molecule has 3 aromatic heterocycles. The summed E-state index contributed by atoms with van der Waals surface area (Å²) in [5, 5.41) is 25.4. The number of benzene rings is 6. The monoisotopic (exact) mass is 1210 g/mol. The quantitative estimate of drug-likeness (QED) is 0.0317. The van der Waals surface area contributed by atoms with Gasteiger partial charge in [-0.1, -0.05) is 129 Å². The van der Waals surface area contributed by atoms with Crippen molar-refractivity contribution >= 4 is 100 Å². The van der Waals surface area contributed by atoms with Gasteiger partial charge in [-0.2, -0.15) is 24.4 Å². The number of para-hydroxylation sites is 6. The summed E-state index contributed by atoms with van der Waals surface area (Å²) in [4.78, 5) is 4.35. The molecular formula is C59H61Br4N9. The SMILES string of the molecule is BrCCCCBr.CN(/N=C/c1cc[n+](CCCC[n+]2ccc(/C=N/N(C)c3ccccc3)c3ccccc32)c2ccccc12)c1ccccc1.CN(/N=C/c1ccnc2ccccc12)c1ccccc1.[Br-].[Br-]. The first-order valence-electron chi connectivity index (χ1n) is 23.7. The molecule has 0 fully saturated rings. The van der Waals surface area contributed by atoms with Gasteiger partial charge in [0, 0.05) is 97.2 Å². The summed E-state index contributed by atoms with van der Waals surface area (Å²) in [5.41, 5.74) is 9.90. The Kier molecular flexibility index (Phi) is 24.2. The van der Waals surface area contributed by atoms with Crippen LogP contribution in [0.25, 0.3) is 32.7 Å². The fraction of sp³-hybridized carbons (Fsp3) is 0.186. The molecular weight excluding hydrogens is 1150 g/mol. The third-order valence-corrected chi connectivity index (χ3v) is 12.8. The largest absolute Gasteiger partial charge is 1.00 e. The number of rotatable bonds is 17. The maximum Gasteiger partial charge on any atom is 0.213 e. The Balaban J connectivity index is 0.000000285. The van der Waals surface area contributed by atoms with Crippen LogP contribution in [0, 0.1) is 0 Å². The zero-order valence-electron chi connectivity index (χ0n) is 41.0. The highest BCUT2D eigenvalue weighted by molar-refractivity contribution is 9.09. The van der Waals surface area contributed by atoms with E-state index < -0.39 is 0 Å². The maximum absolute atomic E-state index is 4.70. The van der Waals surface area contributed by atoms with E-state index in [1.807, 2.05) is 152 Å². The molecule has 6 aromatic carbocycles. The van der Waals surface area contributed by atoms with E-state index in [0.29, 0.717) is 0 Å². The Morgan fingerprint density at radius 2 is 0.764 bits per heavy atom. The summed E-state index contributed by atoms with van der Waals surface area (Å²) in [6.07, 6.45) is 16.7. The fourth-order valence-electron chi connectivity index (χ4n) is 7.79. The molecule has 72 heavy (non-hydrogen) atoms. The average molecular weight is 1220 g/mol. The molecule has 0 aliphatic heterocycles. The first-order chi connectivity index (χ1) is 34.4. The first-order valence-corrected chi connectivity index (χ1v) is 25.9. The van der Waals surface area contributed by atoms with Crippen molar-refractivity contribution < 1.29 is 43.1 Å². The lowest BCUT2D eigenvalue weighted by molar-refractivity contribution is -0.683. The summed E-state index contributed by atoms with van der Waals surface area (Å²) in [5.74, 6) is 0. The molecule has 0 atom stereocenters. The molecule has 0 spiro atoms. The first kappa shape index (κ1) is 56.8. The van der Waals surface area contributed by atoms with E-state index in [0.717, 1.165) is 81.2 Å². The smallest absolute Gasteiger partial charge is 0.213 e.